The van der Waals surface area contributed by atoms with E-state index in [0.29, 0.717) is 4.24 Å². The molecule has 0 aliphatic carbocycles. The fourth-order valence-corrected chi connectivity index (χ4v) is 6.78. The van der Waals surface area contributed by atoms with Gasteiger partial charge >= 0.3 is 5.97 Å². The zero-order valence-corrected chi connectivity index (χ0v) is 14.6. The molecule has 0 bridgehead atoms. The molecule has 1 aromatic heterocycles. The Morgan fingerprint density at radius 3 is 3.04 bits per heavy atom. The molecule has 3 aliphatic heterocycles. The van der Waals surface area contributed by atoms with Crippen LogP contribution in [0.15, 0.2) is 22.3 Å². The van der Waals surface area contributed by atoms with Crippen molar-refractivity contribution in [2.45, 2.75) is 49.0 Å². The van der Waals surface area contributed by atoms with E-state index in [4.69, 9.17) is 0 Å². The molecular weight excluding hydrogens is 350 g/mol. The van der Waals surface area contributed by atoms with Crippen LogP contribution in [0.2, 0.25) is 0 Å². The van der Waals surface area contributed by atoms with Gasteiger partial charge in [0.2, 0.25) is 5.91 Å². The van der Waals surface area contributed by atoms with Crippen LogP contribution in [0.25, 0.3) is 0 Å². The molecule has 1 amide bonds. The van der Waals surface area contributed by atoms with Crippen molar-refractivity contribution in [3.63, 3.8) is 0 Å². The quantitative estimate of drug-likeness (QED) is 0.773. The Morgan fingerprint density at radius 1 is 1.58 bits per heavy atom. The summed E-state index contributed by atoms with van der Waals surface area (Å²) in [4.78, 5) is 28.5. The van der Waals surface area contributed by atoms with Crippen LogP contribution >= 0.6 is 23.5 Å². The van der Waals surface area contributed by atoms with Gasteiger partial charge in [0.15, 0.2) is 5.70 Å². The van der Waals surface area contributed by atoms with Crippen LogP contribution in [-0.2, 0) is 22.6 Å². The van der Waals surface area contributed by atoms with Crippen LogP contribution in [-0.4, -0.2) is 52.8 Å². The number of rotatable bonds is 4. The lowest BCUT2D eigenvalue weighted by atomic mass is 9.95. The Hall–Kier alpha value is -1.45. The van der Waals surface area contributed by atoms with Crippen LogP contribution < -0.4 is 0 Å². The van der Waals surface area contributed by atoms with E-state index in [9.17, 15) is 19.8 Å². The molecule has 3 atom stereocenters. The topological polar surface area (TPSA) is 95.7 Å². The largest absolute Gasteiger partial charge is 0.477 e. The minimum Gasteiger partial charge on any atom is -0.477 e. The third-order valence-corrected chi connectivity index (χ3v) is 7.83. The van der Waals surface area contributed by atoms with Crippen molar-refractivity contribution in [1.29, 1.82) is 0 Å². The predicted molar refractivity (Wildman–Crippen MR) is 90.1 cm³/mol. The number of aromatic nitrogens is 2. The number of carboxylic acids is 1. The molecule has 7 nitrogen and oxygen atoms in total. The maximum absolute atomic E-state index is 12.0. The van der Waals surface area contributed by atoms with E-state index >= 15 is 0 Å². The highest BCUT2D eigenvalue weighted by Gasteiger charge is 2.63. The first-order chi connectivity index (χ1) is 11.4. The Bertz CT molecular complexity index is 760. The summed E-state index contributed by atoms with van der Waals surface area (Å²) in [6.45, 7) is 2.47. The number of hydrogen-bond acceptors (Lipinski definition) is 6. The molecule has 1 fully saturated rings. The molecule has 9 heteroatoms. The lowest BCUT2D eigenvalue weighted by Crippen LogP contribution is -2.64. The fourth-order valence-electron chi connectivity index (χ4n) is 3.45. The molecule has 0 radical (unpaired) electrons. The standard InChI is InChI=1S/C15H17N3O4S2/c1-8(19)15-7-11(20)18(15)12(13(21)22)14(24-15)23-9-2-4-17-5-3-16-10(17)6-9/h3,5,8-9,19H,2,4,6-7H2,1H3,(H,21,22)/t8?,9?,15-/m0/s1. The number of fused-ring (bicyclic) bond motifs is 2. The number of carbonyl (C=O) groups excluding carboxylic acids is 1. The summed E-state index contributed by atoms with van der Waals surface area (Å²) in [7, 11) is 0. The van der Waals surface area contributed by atoms with E-state index in [0.717, 1.165) is 25.2 Å². The average Bonchev–Trinajstić information content (AvgIpc) is 3.07. The number of thioether (sulfide) groups is 2. The van der Waals surface area contributed by atoms with E-state index in [1.54, 1.807) is 13.1 Å². The van der Waals surface area contributed by atoms with Crippen molar-refractivity contribution >= 4 is 35.4 Å². The minimum absolute atomic E-state index is 0.0241. The van der Waals surface area contributed by atoms with Gasteiger partial charge in [-0.2, -0.15) is 0 Å². The van der Waals surface area contributed by atoms with Crippen LogP contribution in [0.3, 0.4) is 0 Å². The van der Waals surface area contributed by atoms with Gasteiger partial charge in [-0.3, -0.25) is 9.69 Å². The monoisotopic (exact) mass is 367 g/mol. The number of aliphatic hydroxyl groups is 1. The molecule has 4 rings (SSSR count). The molecule has 1 aromatic rings. The maximum atomic E-state index is 12.0. The second kappa shape index (κ2) is 5.53. The minimum atomic E-state index is -1.11. The third-order valence-electron chi connectivity index (χ3n) is 4.75. The van der Waals surface area contributed by atoms with Gasteiger partial charge in [-0.25, -0.2) is 9.78 Å². The van der Waals surface area contributed by atoms with Gasteiger partial charge in [0, 0.05) is 30.6 Å². The van der Waals surface area contributed by atoms with Gasteiger partial charge in [-0.05, 0) is 13.3 Å². The molecule has 2 unspecified atom stereocenters. The zero-order valence-electron chi connectivity index (χ0n) is 13.0. The summed E-state index contributed by atoms with van der Waals surface area (Å²) in [5.41, 5.74) is 0.0241. The van der Waals surface area contributed by atoms with Gasteiger partial charge in [0.1, 0.15) is 10.7 Å². The van der Waals surface area contributed by atoms with Crippen LogP contribution in [0, 0.1) is 0 Å². The highest BCUT2D eigenvalue weighted by atomic mass is 32.2. The van der Waals surface area contributed by atoms with Gasteiger partial charge < -0.3 is 14.8 Å². The van der Waals surface area contributed by atoms with E-state index in [1.165, 1.54) is 28.4 Å². The zero-order chi connectivity index (χ0) is 17.1. The summed E-state index contributed by atoms with van der Waals surface area (Å²) < 4.78 is 2.73. The summed E-state index contributed by atoms with van der Waals surface area (Å²) in [6, 6.07) is 0. The van der Waals surface area contributed by atoms with Crippen molar-refractivity contribution in [1.82, 2.24) is 14.5 Å². The van der Waals surface area contributed by atoms with Crippen molar-refractivity contribution in [2.75, 3.05) is 0 Å². The molecule has 0 saturated carbocycles. The fraction of sp³-hybridized carbons (Fsp3) is 0.533. The average molecular weight is 367 g/mol. The molecule has 0 aromatic carbocycles. The van der Waals surface area contributed by atoms with Crippen molar-refractivity contribution in [3.05, 3.63) is 28.2 Å². The molecule has 1 saturated heterocycles. The second-order valence-corrected chi connectivity index (χ2v) is 9.13. The smallest absolute Gasteiger partial charge is 0.354 e. The Balaban J connectivity index is 1.60. The number of β-lactam (4-membered cyclic amide) rings is 1. The maximum Gasteiger partial charge on any atom is 0.354 e. The summed E-state index contributed by atoms with van der Waals surface area (Å²) >= 11 is 2.82. The predicted octanol–water partition coefficient (Wildman–Crippen LogP) is 1.24. The first-order valence-corrected chi connectivity index (χ1v) is 9.46. The number of aryl methyl sites for hydroxylation is 1. The number of aliphatic carboxylic acids is 1. The van der Waals surface area contributed by atoms with Gasteiger partial charge in [0.25, 0.3) is 0 Å². The Kier molecular flexibility index (Phi) is 3.70. The normalized spacial score (nSPS) is 30.0. The Labute approximate surface area is 147 Å². The van der Waals surface area contributed by atoms with E-state index < -0.39 is 16.9 Å². The number of imidazole rings is 1. The third kappa shape index (κ3) is 2.21. The van der Waals surface area contributed by atoms with E-state index in [1.807, 2.05) is 6.20 Å². The summed E-state index contributed by atoms with van der Waals surface area (Å²) in [5, 5.41) is 19.9. The number of carbonyl (C=O) groups is 2. The first-order valence-electron chi connectivity index (χ1n) is 7.77. The van der Waals surface area contributed by atoms with Crippen LogP contribution in [0.5, 0.6) is 0 Å². The highest BCUT2D eigenvalue weighted by molar-refractivity contribution is 8.23. The number of amides is 1. The van der Waals surface area contributed by atoms with Crippen molar-refractivity contribution < 1.29 is 19.8 Å². The number of aliphatic hydroxyl groups excluding tert-OH is 1. The molecular formula is C15H17N3O4S2. The lowest BCUT2D eigenvalue weighted by Gasteiger charge is -2.48. The van der Waals surface area contributed by atoms with Crippen molar-refractivity contribution in [2.24, 2.45) is 0 Å². The number of nitrogens with zero attached hydrogens (tertiary/aromatic N) is 3. The summed E-state index contributed by atoms with van der Waals surface area (Å²) in [6.07, 6.45) is 4.80. The molecule has 4 heterocycles. The van der Waals surface area contributed by atoms with Gasteiger partial charge in [-0.1, -0.05) is 11.8 Å². The molecule has 3 aliphatic rings. The number of carboxylic acid groups (broad SMARTS) is 1. The summed E-state index contributed by atoms with van der Waals surface area (Å²) in [5.74, 6) is -0.350. The van der Waals surface area contributed by atoms with Gasteiger partial charge in [-0.15, -0.1) is 11.8 Å². The second-order valence-electron chi connectivity index (χ2n) is 6.24. The number of hydrogen-bond donors (Lipinski definition) is 2. The van der Waals surface area contributed by atoms with E-state index in [2.05, 4.69) is 9.55 Å². The van der Waals surface area contributed by atoms with E-state index in [-0.39, 0.29) is 23.3 Å². The Morgan fingerprint density at radius 2 is 2.38 bits per heavy atom. The molecule has 128 valence electrons. The van der Waals surface area contributed by atoms with Crippen LogP contribution in [0.1, 0.15) is 25.6 Å². The molecule has 2 N–H and O–H groups in total. The van der Waals surface area contributed by atoms with Gasteiger partial charge in [0.05, 0.1) is 16.8 Å². The highest BCUT2D eigenvalue weighted by Crippen LogP contribution is 2.60. The lowest BCUT2D eigenvalue weighted by molar-refractivity contribution is -0.155. The molecule has 0 spiro atoms. The first kappa shape index (κ1) is 16.0. The van der Waals surface area contributed by atoms with Crippen molar-refractivity contribution in [3.8, 4) is 0 Å². The van der Waals surface area contributed by atoms with Crippen LogP contribution in [0.4, 0.5) is 0 Å². The molecule has 24 heavy (non-hydrogen) atoms. The SMILES string of the molecule is CC(O)[C@@]12CC(=O)N1C(C(=O)O)=C(SC1CCn3ccnc3C1)S2.